The van der Waals surface area contributed by atoms with Crippen molar-refractivity contribution >= 4 is 0 Å². The van der Waals surface area contributed by atoms with Crippen molar-refractivity contribution in [3.8, 4) is 0 Å². The van der Waals surface area contributed by atoms with Gasteiger partial charge < -0.3 is 5.32 Å². The quantitative estimate of drug-likeness (QED) is 0.851. The van der Waals surface area contributed by atoms with Gasteiger partial charge in [-0.1, -0.05) is 0 Å². The van der Waals surface area contributed by atoms with E-state index >= 15 is 0 Å². The van der Waals surface area contributed by atoms with E-state index in [1.165, 1.54) is 11.3 Å². The summed E-state index contributed by atoms with van der Waals surface area (Å²) in [6.45, 7) is 3.01. The normalized spacial score (nSPS) is 12.6. The molecule has 0 aliphatic carbocycles. The summed E-state index contributed by atoms with van der Waals surface area (Å²) in [6, 6.07) is 6.47. The van der Waals surface area contributed by atoms with Crippen molar-refractivity contribution in [3.63, 3.8) is 0 Å². The first kappa shape index (κ1) is 11.8. The molecule has 2 aromatic rings. The van der Waals surface area contributed by atoms with Crippen molar-refractivity contribution in [2.24, 2.45) is 0 Å². The van der Waals surface area contributed by atoms with Gasteiger partial charge in [-0.15, -0.1) is 0 Å². The van der Waals surface area contributed by atoms with E-state index in [0.717, 1.165) is 13.0 Å². The lowest BCUT2D eigenvalue weighted by Crippen LogP contribution is -2.22. The molecule has 0 amide bonds. The van der Waals surface area contributed by atoms with E-state index in [-0.39, 0.29) is 0 Å². The second-order valence-electron chi connectivity index (χ2n) is 3.97. The highest BCUT2D eigenvalue weighted by molar-refractivity contribution is 5.16. The molecule has 17 heavy (non-hydrogen) atoms. The molecule has 4 nitrogen and oxygen atoms in total. The number of pyridine rings is 1. The Morgan fingerprint density at radius 1 is 1.24 bits per heavy atom. The Kier molecular flexibility index (Phi) is 3.88. The fraction of sp³-hybridized carbons (Fsp3) is 0.385. The van der Waals surface area contributed by atoms with E-state index in [2.05, 4.69) is 40.5 Å². The van der Waals surface area contributed by atoms with E-state index in [9.17, 15) is 0 Å². The molecule has 0 aliphatic heterocycles. The van der Waals surface area contributed by atoms with Gasteiger partial charge in [0.15, 0.2) is 0 Å². The summed E-state index contributed by atoms with van der Waals surface area (Å²) >= 11 is 0. The number of aromatic nitrogens is 3. The lowest BCUT2D eigenvalue weighted by atomic mass is 10.0. The summed E-state index contributed by atoms with van der Waals surface area (Å²) in [5.74, 6) is 0. The molecule has 0 aliphatic rings. The first-order valence-corrected chi connectivity index (χ1v) is 5.93. The van der Waals surface area contributed by atoms with Gasteiger partial charge in [-0.25, -0.2) is 0 Å². The Bertz CT molecular complexity index is 449. The molecule has 0 bridgehead atoms. The fourth-order valence-electron chi connectivity index (χ4n) is 2.01. The average molecular weight is 230 g/mol. The largest absolute Gasteiger partial charge is 0.311 e. The lowest BCUT2D eigenvalue weighted by Gasteiger charge is -2.17. The smallest absolute Gasteiger partial charge is 0.0556 e. The predicted molar refractivity (Wildman–Crippen MR) is 67.6 cm³/mol. The number of rotatable bonds is 5. The number of aryl methyl sites for hydroxylation is 1. The Labute approximate surface area is 102 Å². The third-order valence-corrected chi connectivity index (χ3v) is 2.94. The second-order valence-corrected chi connectivity index (χ2v) is 3.97. The van der Waals surface area contributed by atoms with Crippen LogP contribution in [0.1, 0.15) is 24.2 Å². The van der Waals surface area contributed by atoms with Gasteiger partial charge in [-0.2, -0.15) is 5.10 Å². The van der Waals surface area contributed by atoms with E-state index in [0.29, 0.717) is 6.04 Å². The zero-order valence-electron chi connectivity index (χ0n) is 10.3. The van der Waals surface area contributed by atoms with Gasteiger partial charge in [0.1, 0.15) is 0 Å². The molecule has 0 spiro atoms. The standard InChI is InChI=1S/C13H18N4/c1-3-17-13(6-9-16-17)12(14-2)10-11-4-7-15-8-5-11/h4-9,12,14H,3,10H2,1-2H3. The van der Waals surface area contributed by atoms with Crippen LogP contribution in [0.2, 0.25) is 0 Å². The highest BCUT2D eigenvalue weighted by atomic mass is 15.3. The Morgan fingerprint density at radius 2 is 2.00 bits per heavy atom. The molecule has 0 radical (unpaired) electrons. The molecule has 1 atom stereocenters. The summed E-state index contributed by atoms with van der Waals surface area (Å²) in [5, 5.41) is 7.66. The first-order chi connectivity index (χ1) is 8.35. The molecular weight excluding hydrogens is 212 g/mol. The summed E-state index contributed by atoms with van der Waals surface area (Å²) < 4.78 is 2.03. The SMILES string of the molecule is CCn1nccc1C(Cc1ccncc1)NC. The molecule has 0 saturated heterocycles. The van der Waals surface area contributed by atoms with Gasteiger partial charge in [0, 0.05) is 25.1 Å². The molecule has 90 valence electrons. The molecule has 1 unspecified atom stereocenters. The van der Waals surface area contributed by atoms with E-state index in [4.69, 9.17) is 0 Å². The van der Waals surface area contributed by atoms with E-state index in [1.807, 2.05) is 30.3 Å². The Hall–Kier alpha value is -1.68. The third-order valence-electron chi connectivity index (χ3n) is 2.94. The number of nitrogens with one attached hydrogen (secondary N) is 1. The predicted octanol–water partition coefficient (Wildman–Crippen LogP) is 1.80. The van der Waals surface area contributed by atoms with Crippen LogP contribution in [-0.4, -0.2) is 21.8 Å². The number of hydrogen-bond donors (Lipinski definition) is 1. The van der Waals surface area contributed by atoms with Crippen LogP contribution >= 0.6 is 0 Å². The molecule has 2 aromatic heterocycles. The highest BCUT2D eigenvalue weighted by Gasteiger charge is 2.14. The molecule has 2 heterocycles. The maximum atomic E-state index is 4.31. The van der Waals surface area contributed by atoms with Gasteiger partial charge in [-0.05, 0) is 44.2 Å². The Balaban J connectivity index is 2.17. The van der Waals surface area contributed by atoms with Crippen molar-refractivity contribution in [3.05, 3.63) is 48.0 Å². The van der Waals surface area contributed by atoms with Crippen LogP contribution in [0, 0.1) is 0 Å². The van der Waals surface area contributed by atoms with Crippen molar-refractivity contribution in [2.75, 3.05) is 7.05 Å². The molecule has 2 rings (SSSR count). The maximum Gasteiger partial charge on any atom is 0.0556 e. The number of nitrogens with zero attached hydrogens (tertiary/aromatic N) is 3. The minimum absolute atomic E-state index is 0.292. The van der Waals surface area contributed by atoms with Crippen LogP contribution in [0.25, 0.3) is 0 Å². The molecular formula is C13H18N4. The van der Waals surface area contributed by atoms with Crippen LogP contribution in [0.15, 0.2) is 36.8 Å². The van der Waals surface area contributed by atoms with Crippen LogP contribution < -0.4 is 5.32 Å². The van der Waals surface area contributed by atoms with Gasteiger partial charge in [-0.3, -0.25) is 9.67 Å². The maximum absolute atomic E-state index is 4.31. The third kappa shape index (κ3) is 2.71. The second kappa shape index (κ2) is 5.59. The lowest BCUT2D eigenvalue weighted by molar-refractivity contribution is 0.513. The van der Waals surface area contributed by atoms with Crippen LogP contribution in [0.3, 0.4) is 0 Å². The number of hydrogen-bond acceptors (Lipinski definition) is 3. The molecule has 0 aromatic carbocycles. The van der Waals surface area contributed by atoms with Gasteiger partial charge in [0.2, 0.25) is 0 Å². The topological polar surface area (TPSA) is 42.7 Å². The molecule has 0 fully saturated rings. The summed E-state index contributed by atoms with van der Waals surface area (Å²) in [5.41, 5.74) is 2.51. The zero-order valence-corrected chi connectivity index (χ0v) is 10.3. The van der Waals surface area contributed by atoms with Crippen LogP contribution in [-0.2, 0) is 13.0 Å². The minimum atomic E-state index is 0.292. The number of likely N-dealkylation sites (N-methyl/N-ethyl adjacent to an activating group) is 1. The average Bonchev–Trinajstić information content (AvgIpc) is 2.85. The van der Waals surface area contributed by atoms with Crippen LogP contribution in [0.4, 0.5) is 0 Å². The zero-order chi connectivity index (χ0) is 12.1. The fourth-order valence-corrected chi connectivity index (χ4v) is 2.01. The highest BCUT2D eigenvalue weighted by Crippen LogP contribution is 2.17. The van der Waals surface area contributed by atoms with Crippen molar-refractivity contribution in [1.82, 2.24) is 20.1 Å². The Morgan fingerprint density at radius 3 is 2.65 bits per heavy atom. The molecule has 4 heteroatoms. The summed E-state index contributed by atoms with van der Waals surface area (Å²) in [7, 11) is 1.98. The first-order valence-electron chi connectivity index (χ1n) is 5.93. The molecule has 0 saturated carbocycles. The van der Waals surface area contributed by atoms with Crippen molar-refractivity contribution < 1.29 is 0 Å². The minimum Gasteiger partial charge on any atom is -0.311 e. The van der Waals surface area contributed by atoms with E-state index in [1.54, 1.807) is 0 Å². The van der Waals surface area contributed by atoms with E-state index < -0.39 is 0 Å². The van der Waals surface area contributed by atoms with Crippen molar-refractivity contribution in [1.29, 1.82) is 0 Å². The van der Waals surface area contributed by atoms with Gasteiger partial charge in [0.25, 0.3) is 0 Å². The summed E-state index contributed by atoms with van der Waals surface area (Å²) in [6.07, 6.45) is 6.47. The monoisotopic (exact) mass is 230 g/mol. The van der Waals surface area contributed by atoms with Crippen molar-refractivity contribution in [2.45, 2.75) is 25.9 Å². The molecule has 1 N–H and O–H groups in total. The van der Waals surface area contributed by atoms with Crippen LogP contribution in [0.5, 0.6) is 0 Å². The van der Waals surface area contributed by atoms with Gasteiger partial charge >= 0.3 is 0 Å². The summed E-state index contributed by atoms with van der Waals surface area (Å²) in [4.78, 5) is 4.04. The van der Waals surface area contributed by atoms with Gasteiger partial charge in [0.05, 0.1) is 11.7 Å².